The maximum Gasteiger partial charge on any atom is 0.257 e. The van der Waals surface area contributed by atoms with Crippen molar-refractivity contribution in [3.05, 3.63) is 90.0 Å². The van der Waals surface area contributed by atoms with Crippen LogP contribution in [0.15, 0.2) is 78.9 Å². The first-order valence-electron chi connectivity index (χ1n) is 12.4. The highest BCUT2D eigenvalue weighted by Gasteiger charge is 2.20. The van der Waals surface area contributed by atoms with Crippen LogP contribution in [0, 0.1) is 0 Å². The monoisotopic (exact) mass is 498 g/mol. The minimum atomic E-state index is -0.313. The number of nitrogens with one attached hydrogen (secondary N) is 2. The van der Waals surface area contributed by atoms with E-state index in [4.69, 9.17) is 9.47 Å². The van der Waals surface area contributed by atoms with Crippen LogP contribution < -0.4 is 20.1 Å². The van der Waals surface area contributed by atoms with E-state index in [1.54, 1.807) is 42.5 Å². The molecule has 2 heterocycles. The van der Waals surface area contributed by atoms with Crippen molar-refractivity contribution in [3.63, 3.8) is 0 Å². The lowest BCUT2D eigenvalue weighted by molar-refractivity contribution is -0.117. The molecule has 8 nitrogen and oxygen atoms in total. The quantitative estimate of drug-likeness (QED) is 0.490. The fraction of sp³-hybridized carbons (Fsp3) is 0.241. The molecule has 2 amide bonds. The number of piperazine rings is 1. The molecule has 8 heteroatoms. The summed E-state index contributed by atoms with van der Waals surface area (Å²) in [7, 11) is 0. The molecular formula is C29H30N4O4. The number of carbonyl (C=O) groups excluding carboxylic acids is 2. The summed E-state index contributed by atoms with van der Waals surface area (Å²) in [6.45, 7) is 4.79. The second-order valence-electron chi connectivity index (χ2n) is 9.01. The summed E-state index contributed by atoms with van der Waals surface area (Å²) in [6, 6.07) is 22.5. The Hall–Kier alpha value is -4.14. The number of rotatable bonds is 8. The lowest BCUT2D eigenvalue weighted by Crippen LogP contribution is -2.48. The molecule has 1 saturated heterocycles. The van der Waals surface area contributed by atoms with Crippen LogP contribution in [0.2, 0.25) is 0 Å². The third-order valence-corrected chi connectivity index (χ3v) is 6.38. The molecule has 3 aromatic rings. The molecule has 190 valence electrons. The van der Waals surface area contributed by atoms with Gasteiger partial charge in [-0.15, -0.1) is 0 Å². The average Bonchev–Trinajstić information content (AvgIpc) is 3.39. The van der Waals surface area contributed by atoms with Crippen LogP contribution in [0.4, 0.5) is 11.4 Å². The number of para-hydroxylation sites is 1. The molecule has 37 heavy (non-hydrogen) atoms. The van der Waals surface area contributed by atoms with E-state index in [2.05, 4.69) is 44.7 Å². The van der Waals surface area contributed by atoms with Crippen LogP contribution in [-0.2, 0) is 4.79 Å². The minimum Gasteiger partial charge on any atom is -0.454 e. The van der Waals surface area contributed by atoms with Crippen LogP contribution in [0.25, 0.3) is 6.08 Å². The van der Waals surface area contributed by atoms with E-state index in [-0.39, 0.29) is 25.2 Å². The molecule has 0 saturated carbocycles. The summed E-state index contributed by atoms with van der Waals surface area (Å²) in [5.74, 6) is 0.787. The highest BCUT2D eigenvalue weighted by Crippen LogP contribution is 2.34. The van der Waals surface area contributed by atoms with Crippen molar-refractivity contribution in [3.8, 4) is 11.5 Å². The van der Waals surface area contributed by atoms with Gasteiger partial charge in [0.2, 0.25) is 12.7 Å². The van der Waals surface area contributed by atoms with E-state index in [1.807, 2.05) is 18.2 Å². The van der Waals surface area contributed by atoms with Crippen molar-refractivity contribution < 1.29 is 19.1 Å². The zero-order chi connectivity index (χ0) is 25.5. The number of hydrogen-bond acceptors (Lipinski definition) is 6. The van der Waals surface area contributed by atoms with Gasteiger partial charge in [0, 0.05) is 44.5 Å². The van der Waals surface area contributed by atoms with Gasteiger partial charge in [-0.2, -0.15) is 0 Å². The van der Waals surface area contributed by atoms with Gasteiger partial charge in [-0.25, -0.2) is 0 Å². The van der Waals surface area contributed by atoms with Crippen molar-refractivity contribution in [2.24, 2.45) is 0 Å². The van der Waals surface area contributed by atoms with E-state index in [0.717, 1.165) is 32.7 Å². The third kappa shape index (κ3) is 6.55. The van der Waals surface area contributed by atoms with Crippen LogP contribution in [0.3, 0.4) is 0 Å². The third-order valence-electron chi connectivity index (χ3n) is 6.38. The molecule has 2 aliphatic rings. The van der Waals surface area contributed by atoms with Gasteiger partial charge >= 0.3 is 0 Å². The van der Waals surface area contributed by atoms with E-state index >= 15 is 0 Å². The van der Waals surface area contributed by atoms with E-state index in [0.29, 0.717) is 28.4 Å². The zero-order valence-electron chi connectivity index (χ0n) is 20.6. The lowest BCUT2D eigenvalue weighted by atomic mass is 10.1. The highest BCUT2D eigenvalue weighted by molar-refractivity contribution is 6.10. The SMILES string of the molecule is O=C(CN1CCN(C/C=C/c2ccccc2)CC1)Nc1ccccc1C(=O)Nc1ccc2c(c1)OCO2. The van der Waals surface area contributed by atoms with Gasteiger partial charge < -0.3 is 20.1 Å². The number of amides is 2. The fourth-order valence-corrected chi connectivity index (χ4v) is 4.39. The van der Waals surface area contributed by atoms with Gasteiger partial charge in [0.25, 0.3) is 5.91 Å². The maximum absolute atomic E-state index is 13.0. The van der Waals surface area contributed by atoms with E-state index < -0.39 is 0 Å². The molecule has 0 bridgehead atoms. The Balaban J connectivity index is 1.10. The summed E-state index contributed by atoms with van der Waals surface area (Å²) in [5, 5.41) is 5.79. The summed E-state index contributed by atoms with van der Waals surface area (Å²) in [5.41, 5.74) is 2.66. The molecular weight excluding hydrogens is 468 g/mol. The number of hydrogen-bond donors (Lipinski definition) is 2. The summed E-state index contributed by atoms with van der Waals surface area (Å²) >= 11 is 0. The Labute approximate surface area is 216 Å². The van der Waals surface area contributed by atoms with Gasteiger partial charge in [-0.05, 0) is 29.8 Å². The van der Waals surface area contributed by atoms with E-state index in [1.165, 1.54) is 5.56 Å². The average molecular weight is 499 g/mol. The first-order valence-corrected chi connectivity index (χ1v) is 12.4. The lowest BCUT2D eigenvalue weighted by Gasteiger charge is -2.33. The van der Waals surface area contributed by atoms with Crippen molar-refractivity contribution in [2.45, 2.75) is 0 Å². The number of nitrogens with zero attached hydrogens (tertiary/aromatic N) is 2. The molecule has 0 aliphatic carbocycles. The van der Waals surface area contributed by atoms with Crippen LogP contribution in [-0.4, -0.2) is 67.7 Å². The Morgan fingerprint density at radius 1 is 0.811 bits per heavy atom. The molecule has 0 unspecified atom stereocenters. The topological polar surface area (TPSA) is 83.1 Å². The molecule has 5 rings (SSSR count). The number of carbonyl (C=O) groups is 2. The molecule has 2 N–H and O–H groups in total. The molecule has 0 radical (unpaired) electrons. The van der Waals surface area contributed by atoms with Gasteiger partial charge in [-0.3, -0.25) is 19.4 Å². The predicted octanol–water partition coefficient (Wildman–Crippen LogP) is 3.94. The standard InChI is InChI=1S/C29H30N4O4/c34-28(20-33-17-15-32(16-18-33)14-6-9-22-7-2-1-3-8-22)31-25-11-5-4-10-24(25)29(35)30-23-12-13-26-27(19-23)37-21-36-26/h1-13,19H,14-18,20-21H2,(H,30,35)(H,31,34)/b9-6+. The van der Waals surface area contributed by atoms with Crippen molar-refractivity contribution >= 4 is 29.3 Å². The van der Waals surface area contributed by atoms with Crippen LogP contribution in [0.1, 0.15) is 15.9 Å². The minimum absolute atomic E-state index is 0.138. The second kappa shape index (κ2) is 11.7. The highest BCUT2D eigenvalue weighted by atomic mass is 16.7. The molecule has 0 spiro atoms. The van der Waals surface area contributed by atoms with Gasteiger partial charge in [0.1, 0.15) is 0 Å². The van der Waals surface area contributed by atoms with E-state index in [9.17, 15) is 9.59 Å². The number of fused-ring (bicyclic) bond motifs is 1. The summed E-state index contributed by atoms with van der Waals surface area (Å²) in [4.78, 5) is 30.3. The van der Waals surface area contributed by atoms with Crippen molar-refractivity contribution in [1.82, 2.24) is 9.80 Å². The Bertz CT molecular complexity index is 1270. The predicted molar refractivity (Wildman–Crippen MR) is 144 cm³/mol. The second-order valence-corrected chi connectivity index (χ2v) is 9.01. The first kappa shape index (κ1) is 24.5. The normalized spacial score (nSPS) is 15.6. The number of benzene rings is 3. The van der Waals surface area contributed by atoms with Crippen LogP contribution in [0.5, 0.6) is 11.5 Å². The van der Waals surface area contributed by atoms with Gasteiger partial charge in [0.05, 0.1) is 17.8 Å². The van der Waals surface area contributed by atoms with Crippen molar-refractivity contribution in [2.75, 3.05) is 56.7 Å². The maximum atomic E-state index is 13.0. The Morgan fingerprint density at radius 2 is 1.54 bits per heavy atom. The summed E-state index contributed by atoms with van der Waals surface area (Å²) in [6.07, 6.45) is 4.32. The zero-order valence-corrected chi connectivity index (χ0v) is 20.6. The van der Waals surface area contributed by atoms with Crippen LogP contribution >= 0.6 is 0 Å². The first-order chi connectivity index (χ1) is 18.1. The Morgan fingerprint density at radius 3 is 2.38 bits per heavy atom. The fourth-order valence-electron chi connectivity index (χ4n) is 4.39. The number of ether oxygens (including phenoxy) is 2. The molecule has 0 atom stereocenters. The largest absolute Gasteiger partial charge is 0.454 e. The number of anilines is 2. The van der Waals surface area contributed by atoms with Crippen molar-refractivity contribution in [1.29, 1.82) is 0 Å². The smallest absolute Gasteiger partial charge is 0.257 e. The van der Waals surface area contributed by atoms with Gasteiger partial charge in [0.15, 0.2) is 11.5 Å². The molecule has 2 aliphatic heterocycles. The molecule has 1 fully saturated rings. The Kier molecular flexibility index (Phi) is 7.78. The molecule has 0 aromatic heterocycles. The van der Waals surface area contributed by atoms with Gasteiger partial charge in [-0.1, -0.05) is 54.6 Å². The molecule has 3 aromatic carbocycles. The summed E-state index contributed by atoms with van der Waals surface area (Å²) < 4.78 is 10.7.